The predicted octanol–water partition coefficient (Wildman–Crippen LogP) is 3.25. The largest absolute Gasteiger partial charge is 0.622 e. The van der Waals surface area contributed by atoms with E-state index in [-0.39, 0.29) is 10.9 Å². The van der Waals surface area contributed by atoms with Crippen molar-refractivity contribution < 1.29 is 13.5 Å². The Morgan fingerprint density at radius 3 is 2.71 bits per heavy atom. The van der Waals surface area contributed by atoms with Crippen molar-refractivity contribution in [1.82, 2.24) is 0 Å². The van der Waals surface area contributed by atoms with Gasteiger partial charge in [-0.2, -0.15) is 0 Å². The lowest BCUT2D eigenvalue weighted by Crippen LogP contribution is -1.95. The molecule has 0 fully saturated rings. The second-order valence-electron chi connectivity index (χ2n) is 3.40. The quantitative estimate of drug-likeness (QED) is 0.383. The molecule has 92 valence electrons. The van der Waals surface area contributed by atoms with Crippen LogP contribution >= 0.6 is 20.2 Å². The molecule has 0 heterocycles. The van der Waals surface area contributed by atoms with Gasteiger partial charge in [0.2, 0.25) is 0 Å². The molecule has 0 aliphatic rings. The highest BCUT2D eigenvalue weighted by molar-refractivity contribution is 7.97. The van der Waals surface area contributed by atoms with Gasteiger partial charge in [-0.25, -0.2) is 0 Å². The molecule has 0 saturated carbocycles. The van der Waals surface area contributed by atoms with Crippen LogP contribution in [0.1, 0.15) is 23.3 Å². The van der Waals surface area contributed by atoms with Crippen molar-refractivity contribution in [2.75, 3.05) is 0 Å². The summed E-state index contributed by atoms with van der Waals surface area (Å²) in [5, 5.41) is 10.5. The Balaban J connectivity index is 2.82. The Morgan fingerprint density at radius 2 is 2.24 bits per heavy atom. The number of nitro groups is 1. The third-order valence-electron chi connectivity index (χ3n) is 2.15. The van der Waals surface area contributed by atoms with E-state index in [1.807, 2.05) is 6.92 Å². The Hall–Kier alpha value is -1.01. The third-order valence-corrected chi connectivity index (χ3v) is 3.64. The van der Waals surface area contributed by atoms with Gasteiger partial charge in [-0.05, 0) is 30.0 Å². The maximum atomic E-state index is 10.6. The smallest absolute Gasteiger partial charge is 0.258 e. The zero-order valence-electron chi connectivity index (χ0n) is 9.32. The van der Waals surface area contributed by atoms with Crippen LogP contribution in [0.4, 0.5) is 5.69 Å². The van der Waals surface area contributed by atoms with Gasteiger partial charge in [-0.15, -0.1) is 0 Å². The van der Waals surface area contributed by atoms with E-state index in [1.54, 1.807) is 19.1 Å². The summed E-state index contributed by atoms with van der Waals surface area (Å²) >= 11 is 0.982. The van der Waals surface area contributed by atoms with Crippen LogP contribution in [0.2, 0.25) is 0 Å². The highest BCUT2D eigenvalue weighted by atomic mass is 32.2. The fraction of sp³-hybridized carbons (Fsp3) is 0.333. The van der Waals surface area contributed by atoms with Crippen LogP contribution in [0.5, 0.6) is 0 Å². The molecule has 0 saturated heterocycles. The Morgan fingerprint density at radius 1 is 1.59 bits per heavy atom. The average molecular weight is 275 g/mol. The number of nitrogens with zero attached hydrogens (tertiary/aromatic N) is 1. The first-order valence-electron chi connectivity index (χ1n) is 4.72. The second-order valence-corrected chi connectivity index (χ2v) is 5.47. The molecule has 1 aromatic carbocycles. The summed E-state index contributed by atoms with van der Waals surface area (Å²) in [6, 6.07) is 4.81. The molecular formula is C9H12N2O4PS+. The SMILES string of the molecule is Cc1cc(C(C)SO[P+](N)=O)ccc1[N+](=O)[O-]. The lowest BCUT2D eigenvalue weighted by atomic mass is 10.1. The van der Waals surface area contributed by atoms with Gasteiger partial charge < -0.3 is 0 Å². The summed E-state index contributed by atoms with van der Waals surface area (Å²) in [6.07, 6.45) is 0. The number of nitrogens with two attached hydrogens (primary N) is 1. The number of hydrogen-bond donors (Lipinski definition) is 1. The van der Waals surface area contributed by atoms with Crippen LogP contribution in [0.3, 0.4) is 0 Å². The molecule has 2 N–H and O–H groups in total. The standard InChI is InChI=1S/C9H12N2O4PS/c1-6-5-8(3-4-9(6)11(12)13)7(2)17-15-16(10)14/h3-5,7H,1-2H3,(H2,10,14)/q+1. The molecule has 17 heavy (non-hydrogen) atoms. The Kier molecular flexibility index (Phi) is 5.02. The maximum absolute atomic E-state index is 10.6. The van der Waals surface area contributed by atoms with Crippen molar-refractivity contribution in [2.45, 2.75) is 19.1 Å². The van der Waals surface area contributed by atoms with Crippen LogP contribution in [-0.4, -0.2) is 4.92 Å². The van der Waals surface area contributed by atoms with Crippen LogP contribution < -0.4 is 5.50 Å². The van der Waals surface area contributed by atoms with Crippen molar-refractivity contribution in [3.63, 3.8) is 0 Å². The minimum Gasteiger partial charge on any atom is -0.258 e. The van der Waals surface area contributed by atoms with Crippen LogP contribution in [0, 0.1) is 17.0 Å². The van der Waals surface area contributed by atoms with Crippen molar-refractivity contribution in [1.29, 1.82) is 0 Å². The lowest BCUT2D eigenvalue weighted by molar-refractivity contribution is -0.385. The second kappa shape index (κ2) is 6.07. The van der Waals surface area contributed by atoms with Gasteiger partial charge in [0.25, 0.3) is 5.69 Å². The number of rotatable bonds is 5. The molecule has 0 bridgehead atoms. The van der Waals surface area contributed by atoms with Gasteiger partial charge in [0.15, 0.2) is 0 Å². The van der Waals surface area contributed by atoms with E-state index >= 15 is 0 Å². The van der Waals surface area contributed by atoms with E-state index in [9.17, 15) is 14.7 Å². The van der Waals surface area contributed by atoms with E-state index in [4.69, 9.17) is 9.47 Å². The summed E-state index contributed by atoms with van der Waals surface area (Å²) in [4.78, 5) is 10.2. The molecule has 6 nitrogen and oxygen atoms in total. The monoisotopic (exact) mass is 275 g/mol. The Bertz CT molecular complexity index is 455. The first-order chi connectivity index (χ1) is 7.91. The van der Waals surface area contributed by atoms with Crippen molar-refractivity contribution in [2.24, 2.45) is 5.50 Å². The van der Waals surface area contributed by atoms with Gasteiger partial charge in [-0.3, -0.25) is 10.1 Å². The molecule has 2 atom stereocenters. The molecule has 0 aliphatic heterocycles. The molecule has 0 amide bonds. The molecular weight excluding hydrogens is 263 g/mol. The topological polar surface area (TPSA) is 95.5 Å². The molecule has 0 aliphatic carbocycles. The van der Waals surface area contributed by atoms with Crippen LogP contribution in [-0.2, 0) is 8.54 Å². The first kappa shape index (κ1) is 14.1. The molecule has 1 rings (SSSR count). The molecule has 0 aromatic heterocycles. The maximum Gasteiger partial charge on any atom is 0.622 e. The Labute approximate surface area is 104 Å². The van der Waals surface area contributed by atoms with E-state index in [1.165, 1.54) is 6.07 Å². The highest BCUT2D eigenvalue weighted by Gasteiger charge is 2.18. The number of benzene rings is 1. The van der Waals surface area contributed by atoms with Gasteiger partial charge in [0.05, 0.1) is 22.2 Å². The van der Waals surface area contributed by atoms with Gasteiger partial charge in [-0.1, -0.05) is 15.5 Å². The molecule has 0 radical (unpaired) electrons. The predicted molar refractivity (Wildman–Crippen MR) is 66.7 cm³/mol. The van der Waals surface area contributed by atoms with Gasteiger partial charge >= 0.3 is 8.18 Å². The molecule has 1 aromatic rings. The number of aryl methyl sites for hydroxylation is 1. The zero-order chi connectivity index (χ0) is 13.0. The van der Waals surface area contributed by atoms with Crippen molar-refractivity contribution >= 4 is 25.9 Å². The summed E-state index contributed by atoms with van der Waals surface area (Å²) in [5.41, 5.74) is 6.51. The fourth-order valence-corrected chi connectivity index (χ4v) is 2.41. The molecule has 8 heteroatoms. The third kappa shape index (κ3) is 4.05. The van der Waals surface area contributed by atoms with E-state index in [0.717, 1.165) is 17.6 Å². The minimum absolute atomic E-state index is 0.0803. The van der Waals surface area contributed by atoms with Gasteiger partial charge in [0.1, 0.15) is 0 Å². The number of nitro benzene ring substituents is 1. The van der Waals surface area contributed by atoms with Crippen LogP contribution in [0.15, 0.2) is 18.2 Å². The fourth-order valence-electron chi connectivity index (χ4n) is 1.30. The van der Waals surface area contributed by atoms with E-state index in [2.05, 4.69) is 0 Å². The lowest BCUT2D eigenvalue weighted by Gasteiger charge is -2.07. The van der Waals surface area contributed by atoms with E-state index in [0.29, 0.717) is 5.56 Å². The summed E-state index contributed by atoms with van der Waals surface area (Å²) in [7, 11) is -2.14. The summed E-state index contributed by atoms with van der Waals surface area (Å²) < 4.78 is 15.3. The van der Waals surface area contributed by atoms with Crippen LogP contribution in [0.25, 0.3) is 0 Å². The summed E-state index contributed by atoms with van der Waals surface area (Å²) in [5.74, 6) is 0. The molecule has 0 spiro atoms. The highest BCUT2D eigenvalue weighted by Crippen LogP contribution is 2.35. The average Bonchev–Trinajstić information content (AvgIpc) is 2.25. The van der Waals surface area contributed by atoms with Crippen molar-refractivity contribution in [3.8, 4) is 0 Å². The molecule has 2 unspecified atom stereocenters. The first-order valence-corrected chi connectivity index (χ1v) is 6.77. The van der Waals surface area contributed by atoms with E-state index < -0.39 is 13.1 Å². The van der Waals surface area contributed by atoms with Crippen molar-refractivity contribution in [3.05, 3.63) is 39.4 Å². The normalized spacial score (nSPS) is 13.2. The number of hydrogen-bond acceptors (Lipinski definition) is 5. The van der Waals surface area contributed by atoms with Gasteiger partial charge in [0, 0.05) is 11.6 Å². The minimum atomic E-state index is -2.14. The summed E-state index contributed by atoms with van der Waals surface area (Å²) in [6.45, 7) is 3.51. The zero-order valence-corrected chi connectivity index (χ0v) is 11.0.